The number of aromatic nitrogens is 1. The number of hydrogen-bond acceptors (Lipinski definition) is 5. The molecule has 26 heavy (non-hydrogen) atoms. The number of carbonyl (C=O) groups is 1. The van der Waals surface area contributed by atoms with Crippen molar-refractivity contribution in [3.05, 3.63) is 71.2 Å². The molecule has 0 fully saturated rings. The molecule has 1 aromatic carbocycles. The van der Waals surface area contributed by atoms with Gasteiger partial charge in [0.05, 0.1) is 12.3 Å². The maximum absolute atomic E-state index is 12.8. The maximum atomic E-state index is 12.8. The second kappa shape index (κ2) is 8.04. The summed E-state index contributed by atoms with van der Waals surface area (Å²) in [5, 5.41) is 3.49. The predicted molar refractivity (Wildman–Crippen MR) is 102 cm³/mol. The van der Waals surface area contributed by atoms with Gasteiger partial charge in [-0.2, -0.15) is 0 Å². The van der Waals surface area contributed by atoms with E-state index in [4.69, 9.17) is 4.74 Å². The third-order valence-corrected chi connectivity index (χ3v) is 4.54. The summed E-state index contributed by atoms with van der Waals surface area (Å²) < 4.78 is 5.50. The summed E-state index contributed by atoms with van der Waals surface area (Å²) in [5.74, 6) is -0.296. The molecule has 0 radical (unpaired) electrons. The number of nitrogens with zero attached hydrogens (tertiary/aromatic N) is 2. The van der Waals surface area contributed by atoms with Gasteiger partial charge in [0.15, 0.2) is 0 Å². The summed E-state index contributed by atoms with van der Waals surface area (Å²) in [6, 6.07) is 12.1. The molecule has 0 saturated carbocycles. The van der Waals surface area contributed by atoms with Crippen molar-refractivity contribution in [3.8, 4) is 0 Å². The fourth-order valence-electron chi connectivity index (χ4n) is 3.03. The van der Waals surface area contributed by atoms with Gasteiger partial charge >= 0.3 is 5.97 Å². The molecule has 2 aromatic rings. The van der Waals surface area contributed by atoms with Gasteiger partial charge in [0.2, 0.25) is 0 Å². The number of hydrogen-bond donors (Lipinski definition) is 1. The zero-order chi connectivity index (χ0) is 18.5. The first kappa shape index (κ1) is 18.0. The number of likely N-dealkylation sites (N-methyl/N-ethyl adjacent to an activating group) is 1. The van der Waals surface area contributed by atoms with Crippen molar-refractivity contribution in [1.29, 1.82) is 0 Å². The van der Waals surface area contributed by atoms with E-state index in [-0.39, 0.29) is 12.1 Å². The molecular weight excluding hydrogens is 326 g/mol. The fraction of sp³-hybridized carbons (Fsp3) is 0.333. The molecule has 1 unspecified atom stereocenters. The Balaban J connectivity index is 1.93. The van der Waals surface area contributed by atoms with Crippen LogP contribution in [0.3, 0.4) is 0 Å². The number of pyridine rings is 1. The normalized spacial score (nSPS) is 16.6. The van der Waals surface area contributed by atoms with Gasteiger partial charge in [0.25, 0.3) is 0 Å². The topological polar surface area (TPSA) is 54.5 Å². The van der Waals surface area contributed by atoms with Gasteiger partial charge in [-0.25, -0.2) is 4.79 Å². The van der Waals surface area contributed by atoms with Gasteiger partial charge < -0.3 is 15.0 Å². The molecule has 2 heterocycles. The SMILES string of the molecule is CCCCOC(=O)C1=C(c2ccncc2)NC(c2ccc(C)cc2)N1C. The Hall–Kier alpha value is -2.82. The van der Waals surface area contributed by atoms with Crippen molar-refractivity contribution in [3.63, 3.8) is 0 Å². The summed E-state index contributed by atoms with van der Waals surface area (Å²) >= 11 is 0. The molecule has 0 bridgehead atoms. The molecule has 3 rings (SSSR count). The Bertz CT molecular complexity index is 785. The summed E-state index contributed by atoms with van der Waals surface area (Å²) in [6.07, 6.45) is 5.19. The number of esters is 1. The molecule has 1 aliphatic rings. The average molecular weight is 351 g/mol. The summed E-state index contributed by atoms with van der Waals surface area (Å²) in [6.45, 7) is 4.57. The van der Waals surface area contributed by atoms with Crippen LogP contribution in [0.5, 0.6) is 0 Å². The van der Waals surface area contributed by atoms with Crippen molar-refractivity contribution in [2.24, 2.45) is 0 Å². The van der Waals surface area contributed by atoms with Gasteiger partial charge in [-0.1, -0.05) is 43.2 Å². The van der Waals surface area contributed by atoms with Crippen LogP contribution in [0.2, 0.25) is 0 Å². The number of rotatable bonds is 6. The van der Waals surface area contributed by atoms with Crippen LogP contribution in [0.15, 0.2) is 54.5 Å². The van der Waals surface area contributed by atoms with Crippen molar-refractivity contribution in [2.45, 2.75) is 32.9 Å². The van der Waals surface area contributed by atoms with E-state index >= 15 is 0 Å². The van der Waals surface area contributed by atoms with E-state index in [0.717, 1.165) is 29.7 Å². The molecule has 0 saturated heterocycles. The molecule has 5 heteroatoms. The number of benzene rings is 1. The van der Waals surface area contributed by atoms with E-state index in [0.29, 0.717) is 12.3 Å². The second-order valence-corrected chi connectivity index (χ2v) is 6.52. The van der Waals surface area contributed by atoms with Crippen LogP contribution in [0.4, 0.5) is 0 Å². The molecule has 1 atom stereocenters. The summed E-state index contributed by atoms with van der Waals surface area (Å²) in [7, 11) is 1.92. The summed E-state index contributed by atoms with van der Waals surface area (Å²) in [5.41, 5.74) is 4.56. The number of carbonyl (C=O) groups excluding carboxylic acids is 1. The molecule has 0 spiro atoms. The first-order valence-corrected chi connectivity index (χ1v) is 8.99. The second-order valence-electron chi connectivity index (χ2n) is 6.52. The lowest BCUT2D eigenvalue weighted by Crippen LogP contribution is -2.28. The minimum atomic E-state index is -0.296. The lowest BCUT2D eigenvalue weighted by Gasteiger charge is -2.24. The van der Waals surface area contributed by atoms with Crippen molar-refractivity contribution in [1.82, 2.24) is 15.2 Å². The Morgan fingerprint density at radius 1 is 1.19 bits per heavy atom. The Labute approximate surface area is 154 Å². The standard InChI is InChI=1S/C21H25N3O2/c1-4-5-14-26-21(25)19-18(16-10-12-22-13-11-16)23-20(24(19)3)17-8-6-15(2)7-9-17/h6-13,20,23H,4-5,14H2,1-3H3. The predicted octanol–water partition coefficient (Wildman–Crippen LogP) is 3.64. The highest BCUT2D eigenvalue weighted by atomic mass is 16.5. The fourth-order valence-corrected chi connectivity index (χ4v) is 3.03. The van der Waals surface area contributed by atoms with E-state index in [1.54, 1.807) is 12.4 Å². The third-order valence-electron chi connectivity index (χ3n) is 4.54. The van der Waals surface area contributed by atoms with Gasteiger partial charge in [0.1, 0.15) is 11.9 Å². The number of nitrogens with one attached hydrogen (secondary N) is 1. The molecule has 1 aliphatic heterocycles. The minimum absolute atomic E-state index is 0.118. The third kappa shape index (κ3) is 3.72. The lowest BCUT2D eigenvalue weighted by molar-refractivity contribution is -0.140. The molecule has 1 aromatic heterocycles. The van der Waals surface area contributed by atoms with Crippen LogP contribution >= 0.6 is 0 Å². The van der Waals surface area contributed by atoms with Crippen LogP contribution in [0, 0.1) is 6.92 Å². The largest absolute Gasteiger partial charge is 0.461 e. The highest BCUT2D eigenvalue weighted by Crippen LogP contribution is 2.34. The minimum Gasteiger partial charge on any atom is -0.461 e. The zero-order valence-corrected chi connectivity index (χ0v) is 15.5. The van der Waals surface area contributed by atoms with E-state index in [1.807, 2.05) is 24.1 Å². The van der Waals surface area contributed by atoms with E-state index in [2.05, 4.69) is 48.4 Å². The Morgan fingerprint density at radius 2 is 1.88 bits per heavy atom. The number of ether oxygens (including phenoxy) is 1. The monoisotopic (exact) mass is 351 g/mol. The molecule has 0 amide bonds. The highest BCUT2D eigenvalue weighted by molar-refractivity contribution is 5.97. The van der Waals surface area contributed by atoms with Crippen LogP contribution in [-0.2, 0) is 9.53 Å². The molecule has 5 nitrogen and oxygen atoms in total. The van der Waals surface area contributed by atoms with Crippen LogP contribution in [-0.4, -0.2) is 29.5 Å². The van der Waals surface area contributed by atoms with Crippen molar-refractivity contribution in [2.75, 3.05) is 13.7 Å². The smallest absolute Gasteiger partial charge is 0.356 e. The number of unbranched alkanes of at least 4 members (excludes halogenated alkanes) is 1. The zero-order valence-electron chi connectivity index (χ0n) is 15.5. The van der Waals surface area contributed by atoms with E-state index in [9.17, 15) is 4.79 Å². The summed E-state index contributed by atoms with van der Waals surface area (Å²) in [4.78, 5) is 18.8. The number of aryl methyl sites for hydroxylation is 1. The first-order valence-electron chi connectivity index (χ1n) is 8.99. The average Bonchev–Trinajstić information content (AvgIpc) is 3.00. The van der Waals surface area contributed by atoms with E-state index < -0.39 is 0 Å². The van der Waals surface area contributed by atoms with Gasteiger partial charge in [0, 0.05) is 25.0 Å². The quantitative estimate of drug-likeness (QED) is 0.636. The van der Waals surface area contributed by atoms with Crippen LogP contribution < -0.4 is 5.32 Å². The van der Waals surface area contributed by atoms with Gasteiger partial charge in [-0.05, 0) is 31.0 Å². The molecule has 0 aliphatic carbocycles. The maximum Gasteiger partial charge on any atom is 0.356 e. The molecule has 136 valence electrons. The van der Waals surface area contributed by atoms with Crippen LogP contribution in [0.25, 0.3) is 5.70 Å². The van der Waals surface area contributed by atoms with Crippen molar-refractivity contribution < 1.29 is 9.53 Å². The van der Waals surface area contributed by atoms with Crippen LogP contribution in [0.1, 0.15) is 42.6 Å². The Morgan fingerprint density at radius 3 is 2.54 bits per heavy atom. The highest BCUT2D eigenvalue weighted by Gasteiger charge is 2.35. The van der Waals surface area contributed by atoms with Gasteiger partial charge in [-0.15, -0.1) is 0 Å². The van der Waals surface area contributed by atoms with Gasteiger partial charge in [-0.3, -0.25) is 4.98 Å². The lowest BCUT2D eigenvalue weighted by atomic mass is 10.1. The first-order chi connectivity index (χ1) is 12.6. The Kier molecular flexibility index (Phi) is 5.56. The van der Waals surface area contributed by atoms with Crippen molar-refractivity contribution >= 4 is 11.7 Å². The molecule has 1 N–H and O–H groups in total. The van der Waals surface area contributed by atoms with E-state index in [1.165, 1.54) is 5.56 Å². The molecular formula is C21H25N3O2.